The molecule has 1 N–H and O–H groups in total. The van der Waals surface area contributed by atoms with Gasteiger partial charge < -0.3 is 5.32 Å². The lowest BCUT2D eigenvalue weighted by atomic mass is 9.95. The Kier molecular flexibility index (Phi) is 3.65. The standard InChI is InChI=1S/C15H23N/c1-11(2)15(14-7-5-4-6-8-14)16-12(3)13-9-10-13/h4-8,11-13,15-16H,9-10H2,1-3H3/t12-,15-/m1/s1. The maximum atomic E-state index is 3.79. The molecule has 0 spiro atoms. The zero-order valence-electron chi connectivity index (χ0n) is 10.6. The van der Waals surface area contributed by atoms with Crippen molar-refractivity contribution in [2.75, 3.05) is 0 Å². The van der Waals surface area contributed by atoms with Crippen molar-refractivity contribution in [1.82, 2.24) is 5.32 Å². The lowest BCUT2D eigenvalue weighted by molar-refractivity contribution is 0.351. The lowest BCUT2D eigenvalue weighted by Crippen LogP contribution is -2.34. The molecular weight excluding hydrogens is 194 g/mol. The molecule has 1 aliphatic rings. The normalized spacial score (nSPS) is 19.8. The Morgan fingerprint density at radius 2 is 1.69 bits per heavy atom. The summed E-state index contributed by atoms with van der Waals surface area (Å²) in [6.45, 7) is 6.92. The Bertz CT molecular complexity index is 313. The van der Waals surface area contributed by atoms with Crippen LogP contribution in [0.3, 0.4) is 0 Å². The van der Waals surface area contributed by atoms with Crippen LogP contribution in [0.5, 0.6) is 0 Å². The molecule has 0 heterocycles. The van der Waals surface area contributed by atoms with E-state index in [1.807, 2.05) is 0 Å². The fraction of sp³-hybridized carbons (Fsp3) is 0.600. The quantitative estimate of drug-likeness (QED) is 0.791. The number of hydrogen-bond donors (Lipinski definition) is 1. The zero-order valence-corrected chi connectivity index (χ0v) is 10.6. The number of hydrogen-bond acceptors (Lipinski definition) is 1. The summed E-state index contributed by atoms with van der Waals surface area (Å²) in [5.41, 5.74) is 1.42. The van der Waals surface area contributed by atoms with Gasteiger partial charge in [0, 0.05) is 12.1 Å². The van der Waals surface area contributed by atoms with E-state index in [0.717, 1.165) is 5.92 Å². The average Bonchev–Trinajstić information content (AvgIpc) is 3.10. The van der Waals surface area contributed by atoms with E-state index in [9.17, 15) is 0 Å². The van der Waals surface area contributed by atoms with Gasteiger partial charge in [0.25, 0.3) is 0 Å². The third kappa shape index (κ3) is 2.85. The first-order chi connectivity index (χ1) is 7.68. The summed E-state index contributed by atoms with van der Waals surface area (Å²) in [4.78, 5) is 0. The molecule has 1 saturated carbocycles. The van der Waals surface area contributed by atoms with Crippen LogP contribution in [0.1, 0.15) is 45.2 Å². The molecule has 1 aromatic rings. The van der Waals surface area contributed by atoms with Crippen LogP contribution in [0.25, 0.3) is 0 Å². The summed E-state index contributed by atoms with van der Waals surface area (Å²) >= 11 is 0. The van der Waals surface area contributed by atoms with Crippen LogP contribution in [-0.2, 0) is 0 Å². The molecule has 0 bridgehead atoms. The second kappa shape index (κ2) is 5.01. The van der Waals surface area contributed by atoms with Gasteiger partial charge >= 0.3 is 0 Å². The van der Waals surface area contributed by atoms with Gasteiger partial charge in [0.2, 0.25) is 0 Å². The van der Waals surface area contributed by atoms with Crippen LogP contribution >= 0.6 is 0 Å². The van der Waals surface area contributed by atoms with E-state index in [1.54, 1.807) is 0 Å². The van der Waals surface area contributed by atoms with Crippen LogP contribution in [0.15, 0.2) is 30.3 Å². The highest BCUT2D eigenvalue weighted by Gasteiger charge is 2.30. The molecule has 16 heavy (non-hydrogen) atoms. The minimum atomic E-state index is 0.497. The smallest absolute Gasteiger partial charge is 0.0345 e. The van der Waals surface area contributed by atoms with E-state index in [0.29, 0.717) is 18.0 Å². The summed E-state index contributed by atoms with van der Waals surface area (Å²) in [6.07, 6.45) is 2.82. The Hall–Kier alpha value is -0.820. The highest BCUT2D eigenvalue weighted by molar-refractivity contribution is 5.19. The van der Waals surface area contributed by atoms with Crippen LogP contribution in [-0.4, -0.2) is 6.04 Å². The zero-order chi connectivity index (χ0) is 11.5. The van der Waals surface area contributed by atoms with Crippen molar-refractivity contribution in [1.29, 1.82) is 0 Å². The molecule has 2 rings (SSSR count). The lowest BCUT2D eigenvalue weighted by Gasteiger charge is -2.27. The first-order valence-corrected chi connectivity index (χ1v) is 6.49. The molecule has 0 aromatic heterocycles. The van der Waals surface area contributed by atoms with Crippen molar-refractivity contribution in [3.63, 3.8) is 0 Å². The van der Waals surface area contributed by atoms with Crippen molar-refractivity contribution < 1.29 is 0 Å². The average molecular weight is 217 g/mol. The van der Waals surface area contributed by atoms with E-state index in [2.05, 4.69) is 56.4 Å². The van der Waals surface area contributed by atoms with Gasteiger partial charge in [-0.2, -0.15) is 0 Å². The summed E-state index contributed by atoms with van der Waals surface area (Å²) in [7, 11) is 0. The second-order valence-corrected chi connectivity index (χ2v) is 5.43. The topological polar surface area (TPSA) is 12.0 Å². The minimum absolute atomic E-state index is 0.497. The van der Waals surface area contributed by atoms with Gasteiger partial charge in [0.1, 0.15) is 0 Å². The minimum Gasteiger partial charge on any atom is -0.307 e. The van der Waals surface area contributed by atoms with Crippen molar-refractivity contribution in [2.24, 2.45) is 11.8 Å². The second-order valence-electron chi connectivity index (χ2n) is 5.43. The Balaban J connectivity index is 2.05. The molecule has 1 nitrogen and oxygen atoms in total. The monoisotopic (exact) mass is 217 g/mol. The van der Waals surface area contributed by atoms with E-state index < -0.39 is 0 Å². The molecule has 0 saturated heterocycles. The Morgan fingerprint density at radius 1 is 1.06 bits per heavy atom. The first kappa shape index (κ1) is 11.7. The molecule has 0 radical (unpaired) electrons. The third-order valence-corrected chi connectivity index (χ3v) is 3.60. The molecule has 0 aliphatic heterocycles. The molecule has 0 amide bonds. The highest BCUT2D eigenvalue weighted by Crippen LogP contribution is 2.34. The van der Waals surface area contributed by atoms with Crippen molar-refractivity contribution in [2.45, 2.75) is 45.7 Å². The fourth-order valence-electron chi connectivity index (χ4n) is 2.35. The van der Waals surface area contributed by atoms with E-state index >= 15 is 0 Å². The summed E-state index contributed by atoms with van der Waals surface area (Å²) in [5, 5.41) is 3.79. The van der Waals surface area contributed by atoms with Crippen molar-refractivity contribution in [3.8, 4) is 0 Å². The Labute approximate surface area is 99.3 Å². The predicted octanol–water partition coefficient (Wildman–Crippen LogP) is 3.77. The molecule has 2 atom stereocenters. The van der Waals surface area contributed by atoms with E-state index in [4.69, 9.17) is 0 Å². The van der Waals surface area contributed by atoms with E-state index in [-0.39, 0.29) is 0 Å². The maximum Gasteiger partial charge on any atom is 0.0345 e. The molecule has 1 aromatic carbocycles. The van der Waals surface area contributed by atoms with Crippen molar-refractivity contribution in [3.05, 3.63) is 35.9 Å². The fourth-order valence-corrected chi connectivity index (χ4v) is 2.35. The third-order valence-electron chi connectivity index (χ3n) is 3.60. The first-order valence-electron chi connectivity index (χ1n) is 6.49. The summed E-state index contributed by atoms with van der Waals surface area (Å²) < 4.78 is 0. The largest absolute Gasteiger partial charge is 0.307 e. The number of benzene rings is 1. The SMILES string of the molecule is CC(C)[C@@H](N[C@H](C)C1CC1)c1ccccc1. The molecule has 1 aliphatic carbocycles. The Morgan fingerprint density at radius 3 is 2.19 bits per heavy atom. The molecule has 1 fully saturated rings. The van der Waals surface area contributed by atoms with Gasteiger partial charge in [-0.05, 0) is 37.2 Å². The predicted molar refractivity (Wildman–Crippen MR) is 69.3 cm³/mol. The summed E-state index contributed by atoms with van der Waals surface area (Å²) in [5.74, 6) is 1.56. The van der Waals surface area contributed by atoms with Crippen LogP contribution in [0.2, 0.25) is 0 Å². The molecule has 88 valence electrons. The van der Waals surface area contributed by atoms with Crippen LogP contribution in [0.4, 0.5) is 0 Å². The number of rotatable bonds is 5. The molecule has 0 unspecified atom stereocenters. The van der Waals surface area contributed by atoms with Gasteiger partial charge in [-0.15, -0.1) is 0 Å². The van der Waals surface area contributed by atoms with Crippen molar-refractivity contribution >= 4 is 0 Å². The van der Waals surface area contributed by atoms with Crippen LogP contribution < -0.4 is 5.32 Å². The maximum absolute atomic E-state index is 3.79. The highest BCUT2D eigenvalue weighted by atomic mass is 15.0. The van der Waals surface area contributed by atoms with Gasteiger partial charge in [-0.3, -0.25) is 0 Å². The molecule has 1 heteroatoms. The van der Waals surface area contributed by atoms with Crippen LogP contribution in [0, 0.1) is 11.8 Å². The van der Waals surface area contributed by atoms with Gasteiger partial charge in [0.15, 0.2) is 0 Å². The summed E-state index contributed by atoms with van der Waals surface area (Å²) in [6, 6.07) is 12.0. The van der Waals surface area contributed by atoms with Gasteiger partial charge in [0.05, 0.1) is 0 Å². The van der Waals surface area contributed by atoms with Gasteiger partial charge in [-0.25, -0.2) is 0 Å². The van der Waals surface area contributed by atoms with Gasteiger partial charge in [-0.1, -0.05) is 44.2 Å². The number of nitrogens with one attached hydrogen (secondary N) is 1. The molecular formula is C15H23N. The van der Waals surface area contributed by atoms with E-state index in [1.165, 1.54) is 18.4 Å².